The van der Waals surface area contributed by atoms with Crippen molar-refractivity contribution in [3.05, 3.63) is 156 Å². The zero-order valence-corrected chi connectivity index (χ0v) is 24.2. The number of para-hydroxylation sites is 1. The average molecular weight is 569 g/mol. The highest BCUT2D eigenvalue weighted by Gasteiger charge is 2.13. The Morgan fingerprint density at radius 2 is 1.30 bits per heavy atom. The minimum absolute atomic E-state index is 0.243. The lowest BCUT2D eigenvalue weighted by Gasteiger charge is -2.09. The van der Waals surface area contributed by atoms with E-state index < -0.39 is 0 Å². The van der Waals surface area contributed by atoms with Crippen molar-refractivity contribution in [2.24, 2.45) is 0 Å². The van der Waals surface area contributed by atoms with Crippen molar-refractivity contribution in [3.8, 4) is 22.8 Å². The van der Waals surface area contributed by atoms with Crippen molar-refractivity contribution in [2.45, 2.75) is 27.1 Å². The van der Waals surface area contributed by atoms with Gasteiger partial charge in [0.15, 0.2) is 11.6 Å². The van der Waals surface area contributed by atoms with Crippen molar-refractivity contribution in [2.75, 3.05) is 0 Å². The Hall–Kier alpha value is -5.29. The normalized spacial score (nSPS) is 10.9. The van der Waals surface area contributed by atoms with E-state index in [0.717, 1.165) is 44.6 Å². The highest BCUT2D eigenvalue weighted by molar-refractivity contribution is 5.91. The van der Waals surface area contributed by atoms with Crippen LogP contribution in [-0.4, -0.2) is 9.97 Å². The van der Waals surface area contributed by atoms with E-state index in [1.807, 2.05) is 104 Å². The van der Waals surface area contributed by atoms with Gasteiger partial charge in [0.05, 0.1) is 0 Å². The van der Waals surface area contributed by atoms with Crippen molar-refractivity contribution >= 4 is 21.8 Å². The van der Waals surface area contributed by atoms with Gasteiger partial charge in [0.2, 0.25) is 0 Å². The van der Waals surface area contributed by atoms with E-state index >= 15 is 0 Å². The lowest BCUT2D eigenvalue weighted by molar-refractivity contribution is 0.290. The molecule has 2 aromatic heterocycles. The second-order valence-corrected chi connectivity index (χ2v) is 10.5. The molecule has 2 heterocycles. The van der Waals surface area contributed by atoms with E-state index in [1.165, 1.54) is 22.5 Å². The van der Waals surface area contributed by atoms with E-state index in [1.54, 1.807) is 6.07 Å². The number of H-pyrrole nitrogens is 2. The predicted molar refractivity (Wildman–Crippen MR) is 173 cm³/mol. The van der Waals surface area contributed by atoms with Gasteiger partial charge >= 0.3 is 0 Å². The second-order valence-electron chi connectivity index (χ2n) is 10.5. The van der Waals surface area contributed by atoms with E-state index in [0.29, 0.717) is 13.2 Å². The van der Waals surface area contributed by atoms with Crippen molar-refractivity contribution < 1.29 is 13.9 Å². The number of rotatable bonds is 7. The molecule has 4 nitrogen and oxygen atoms in total. The first-order valence-electron chi connectivity index (χ1n) is 14.3. The largest absolute Gasteiger partial charge is 0.489 e. The summed E-state index contributed by atoms with van der Waals surface area (Å²) in [7, 11) is 0. The third kappa shape index (κ3) is 6.47. The Kier molecular flexibility index (Phi) is 8.23. The van der Waals surface area contributed by atoms with Crippen LogP contribution in [0.4, 0.5) is 4.39 Å². The molecule has 0 radical (unpaired) electrons. The number of benzene rings is 5. The van der Waals surface area contributed by atoms with E-state index in [2.05, 4.69) is 35.1 Å². The molecule has 2 N–H and O–H groups in total. The molecule has 0 saturated carbocycles. The Balaban J connectivity index is 0.000000277. The summed E-state index contributed by atoms with van der Waals surface area (Å²) in [5.41, 5.74) is 8.35. The van der Waals surface area contributed by atoms with Crippen LogP contribution in [0, 0.1) is 19.7 Å². The number of ether oxygens (including phenoxy) is 2. The van der Waals surface area contributed by atoms with Crippen LogP contribution in [0.3, 0.4) is 0 Å². The lowest BCUT2D eigenvalue weighted by Crippen LogP contribution is -1.97. The summed E-state index contributed by atoms with van der Waals surface area (Å²) in [6.45, 7) is 4.98. The molecule has 0 aliphatic carbocycles. The summed E-state index contributed by atoms with van der Waals surface area (Å²) >= 11 is 0. The molecule has 0 atom stereocenters. The van der Waals surface area contributed by atoms with Gasteiger partial charge in [0.1, 0.15) is 19.0 Å². The van der Waals surface area contributed by atoms with Crippen LogP contribution in [0.1, 0.15) is 22.3 Å². The molecule has 214 valence electrons. The topological polar surface area (TPSA) is 50.0 Å². The number of hydrogen-bond donors (Lipinski definition) is 2. The van der Waals surface area contributed by atoms with Crippen LogP contribution >= 0.6 is 0 Å². The maximum absolute atomic E-state index is 14.8. The summed E-state index contributed by atoms with van der Waals surface area (Å²) in [6, 6.07) is 39.2. The molecule has 0 saturated heterocycles. The minimum Gasteiger partial charge on any atom is -0.489 e. The van der Waals surface area contributed by atoms with Crippen molar-refractivity contribution in [1.29, 1.82) is 0 Å². The molecule has 0 bridgehead atoms. The second kappa shape index (κ2) is 12.7. The summed E-state index contributed by atoms with van der Waals surface area (Å²) < 4.78 is 26.5. The van der Waals surface area contributed by atoms with E-state index in [-0.39, 0.29) is 11.6 Å². The molecule has 0 spiro atoms. The molecule has 43 heavy (non-hydrogen) atoms. The fourth-order valence-corrected chi connectivity index (χ4v) is 5.15. The SMILES string of the molecule is Cc1c(-c2ccc(OCc3ccccc3)c(F)c2)[nH]c2ccc(OCc3ccccc3)cc12.Cc1c[nH]c2ccccc12. The summed E-state index contributed by atoms with van der Waals surface area (Å²) in [4.78, 5) is 6.61. The number of aryl methyl sites for hydroxylation is 2. The van der Waals surface area contributed by atoms with Gasteiger partial charge in [-0.1, -0.05) is 78.9 Å². The number of nitrogens with one attached hydrogen (secondary N) is 2. The van der Waals surface area contributed by atoms with Crippen LogP contribution in [0.5, 0.6) is 11.5 Å². The van der Waals surface area contributed by atoms with Crippen molar-refractivity contribution in [3.63, 3.8) is 0 Å². The molecular weight excluding hydrogens is 535 g/mol. The monoisotopic (exact) mass is 568 g/mol. The van der Waals surface area contributed by atoms with Gasteiger partial charge in [-0.25, -0.2) is 4.39 Å². The van der Waals surface area contributed by atoms with E-state index in [9.17, 15) is 4.39 Å². The molecule has 0 aliphatic heterocycles. The molecule has 5 aromatic carbocycles. The Bertz CT molecular complexity index is 1960. The zero-order chi connectivity index (χ0) is 29.6. The Labute approximate surface area is 250 Å². The smallest absolute Gasteiger partial charge is 0.165 e. The molecular formula is C38H33FN2O2. The van der Waals surface area contributed by atoms with E-state index in [4.69, 9.17) is 9.47 Å². The highest BCUT2D eigenvalue weighted by atomic mass is 19.1. The summed E-state index contributed by atoms with van der Waals surface area (Å²) in [5, 5.41) is 2.38. The van der Waals surface area contributed by atoms with Crippen molar-refractivity contribution in [1.82, 2.24) is 9.97 Å². The van der Waals surface area contributed by atoms with Crippen LogP contribution < -0.4 is 9.47 Å². The molecule has 5 heteroatoms. The first-order valence-corrected chi connectivity index (χ1v) is 14.3. The van der Waals surface area contributed by atoms with Crippen LogP contribution in [0.25, 0.3) is 33.1 Å². The van der Waals surface area contributed by atoms with Gasteiger partial charge in [-0.05, 0) is 78.6 Å². The number of hydrogen-bond acceptors (Lipinski definition) is 2. The van der Waals surface area contributed by atoms with Gasteiger partial charge in [0.25, 0.3) is 0 Å². The number of aromatic amines is 2. The van der Waals surface area contributed by atoms with Gasteiger partial charge in [0, 0.05) is 39.3 Å². The fourth-order valence-electron chi connectivity index (χ4n) is 5.15. The minimum atomic E-state index is -0.381. The number of aromatic nitrogens is 2. The number of halogens is 1. The first kappa shape index (κ1) is 27.9. The maximum Gasteiger partial charge on any atom is 0.165 e. The Morgan fingerprint density at radius 3 is 2.00 bits per heavy atom. The lowest BCUT2D eigenvalue weighted by atomic mass is 10.1. The Morgan fingerprint density at radius 1 is 0.628 bits per heavy atom. The van der Waals surface area contributed by atoms with Gasteiger partial charge in [-0.15, -0.1) is 0 Å². The highest BCUT2D eigenvalue weighted by Crippen LogP contribution is 2.34. The quantitative estimate of drug-likeness (QED) is 0.201. The zero-order valence-electron chi connectivity index (χ0n) is 24.2. The molecule has 0 amide bonds. The standard InChI is InChI=1S/C29H24FNO2.C9H9N/c1-20-25-17-24(32-18-21-8-4-2-5-9-21)13-14-27(25)31-29(20)23-12-15-28(26(30)16-23)33-19-22-10-6-3-7-11-22;1-7-6-10-9-5-3-2-4-8(7)9/h2-17,31H,18-19H2,1H3;2-6,10H,1H3. The third-order valence-corrected chi connectivity index (χ3v) is 7.53. The van der Waals surface area contributed by atoms with Crippen LogP contribution in [0.15, 0.2) is 128 Å². The van der Waals surface area contributed by atoms with Crippen LogP contribution in [0.2, 0.25) is 0 Å². The molecule has 7 aromatic rings. The maximum atomic E-state index is 14.8. The van der Waals surface area contributed by atoms with Gasteiger partial charge in [-0.2, -0.15) is 0 Å². The summed E-state index contributed by atoms with van der Waals surface area (Å²) in [5.74, 6) is 0.664. The average Bonchev–Trinajstić information content (AvgIpc) is 3.60. The third-order valence-electron chi connectivity index (χ3n) is 7.53. The van der Waals surface area contributed by atoms with Crippen LogP contribution in [-0.2, 0) is 13.2 Å². The summed E-state index contributed by atoms with van der Waals surface area (Å²) in [6.07, 6.45) is 2.03. The predicted octanol–water partition coefficient (Wildman–Crippen LogP) is 9.92. The first-order chi connectivity index (χ1) is 21.0. The molecule has 0 aliphatic rings. The fraction of sp³-hybridized carbons (Fsp3) is 0.105. The number of fused-ring (bicyclic) bond motifs is 2. The molecule has 0 fully saturated rings. The molecule has 0 unspecified atom stereocenters. The van der Waals surface area contributed by atoms with Gasteiger partial charge < -0.3 is 19.4 Å². The molecule has 7 rings (SSSR count). The van der Waals surface area contributed by atoms with Gasteiger partial charge in [-0.3, -0.25) is 0 Å².